The van der Waals surface area contributed by atoms with E-state index in [2.05, 4.69) is 17.7 Å². The maximum absolute atomic E-state index is 11.4. The van der Waals surface area contributed by atoms with Crippen LogP contribution in [0.4, 0.5) is 5.69 Å². The lowest BCUT2D eigenvalue weighted by molar-refractivity contribution is -0.116. The number of amides is 1. The van der Waals surface area contributed by atoms with Gasteiger partial charge in [0.2, 0.25) is 5.91 Å². The van der Waals surface area contributed by atoms with Gasteiger partial charge >= 0.3 is 0 Å². The maximum atomic E-state index is 11.4. The number of nitrogens with one attached hydrogen (secondary N) is 2. The van der Waals surface area contributed by atoms with E-state index in [0.29, 0.717) is 0 Å². The predicted octanol–water partition coefficient (Wildman–Crippen LogP) is 0.873. The van der Waals surface area contributed by atoms with Crippen molar-refractivity contribution < 1.29 is 4.79 Å². The van der Waals surface area contributed by atoms with E-state index >= 15 is 0 Å². The number of nitrogens with zero attached hydrogens (tertiary/aromatic N) is 1. The summed E-state index contributed by atoms with van der Waals surface area (Å²) in [4.78, 5) is 11.4. The quantitative estimate of drug-likeness (QED) is 0.719. The van der Waals surface area contributed by atoms with Crippen LogP contribution in [-0.4, -0.2) is 31.6 Å². The number of anilines is 1. The minimum absolute atomic E-state index is 0.0835. The largest absolute Gasteiger partial charge is 0.325 e. The maximum Gasteiger partial charge on any atom is 0.239 e. The molecule has 0 saturated carbocycles. The van der Waals surface area contributed by atoms with E-state index in [0.717, 1.165) is 11.3 Å². The van der Waals surface area contributed by atoms with Crippen LogP contribution in [-0.2, 0) is 4.79 Å². The molecule has 0 spiro atoms. The lowest BCUT2D eigenvalue weighted by Crippen LogP contribution is -2.37. The molecule has 15 heavy (non-hydrogen) atoms. The summed E-state index contributed by atoms with van der Waals surface area (Å²) < 4.78 is 0. The van der Waals surface area contributed by atoms with Crippen molar-refractivity contribution in [1.82, 2.24) is 10.4 Å². The van der Waals surface area contributed by atoms with Crippen LogP contribution in [0.5, 0.6) is 0 Å². The average Bonchev–Trinajstić information content (AvgIpc) is 2.18. The second-order valence-corrected chi connectivity index (χ2v) is 3.43. The molecule has 1 aromatic rings. The first kappa shape index (κ1) is 11.7. The molecular formula is C11H16N3O. The lowest BCUT2D eigenvalue weighted by atomic mass is 10.2. The topological polar surface area (TPSA) is 44.4 Å². The van der Waals surface area contributed by atoms with Gasteiger partial charge in [0.25, 0.3) is 0 Å². The van der Waals surface area contributed by atoms with Crippen molar-refractivity contribution in [3.63, 3.8) is 0 Å². The fraction of sp³-hybridized carbons (Fsp3) is 0.273. The third-order valence-electron chi connectivity index (χ3n) is 1.85. The number of hydrazine groups is 1. The minimum atomic E-state index is -0.0835. The van der Waals surface area contributed by atoms with Gasteiger partial charge in [-0.1, -0.05) is 18.2 Å². The Morgan fingerprint density at radius 3 is 2.67 bits per heavy atom. The van der Waals surface area contributed by atoms with E-state index in [1.807, 2.05) is 38.4 Å². The van der Waals surface area contributed by atoms with Gasteiger partial charge in [-0.05, 0) is 18.6 Å². The fourth-order valence-electron chi connectivity index (χ4n) is 1.07. The van der Waals surface area contributed by atoms with Crippen LogP contribution in [0.1, 0.15) is 5.56 Å². The summed E-state index contributed by atoms with van der Waals surface area (Å²) in [5, 5.41) is 4.51. The molecule has 1 aromatic carbocycles. The van der Waals surface area contributed by atoms with Gasteiger partial charge < -0.3 is 5.32 Å². The Kier molecular flexibility index (Phi) is 4.27. The number of carbonyl (C=O) groups excluding carboxylic acids is 1. The first-order valence-electron chi connectivity index (χ1n) is 4.71. The molecule has 1 radical (unpaired) electrons. The van der Waals surface area contributed by atoms with Crippen LogP contribution in [0.2, 0.25) is 0 Å². The van der Waals surface area contributed by atoms with E-state index in [4.69, 9.17) is 0 Å². The Balaban J connectivity index is 2.48. The van der Waals surface area contributed by atoms with Gasteiger partial charge in [0, 0.05) is 19.8 Å². The van der Waals surface area contributed by atoms with E-state index in [-0.39, 0.29) is 12.5 Å². The van der Waals surface area contributed by atoms with Gasteiger partial charge in [0.15, 0.2) is 0 Å². The monoisotopic (exact) mass is 206 g/mol. The summed E-state index contributed by atoms with van der Waals surface area (Å²) in [6.45, 7) is 4.07. The number of benzene rings is 1. The zero-order chi connectivity index (χ0) is 11.3. The number of para-hydroxylation sites is 1. The smallest absolute Gasteiger partial charge is 0.239 e. The van der Waals surface area contributed by atoms with Gasteiger partial charge in [-0.2, -0.15) is 0 Å². The summed E-state index contributed by atoms with van der Waals surface area (Å²) in [6.07, 6.45) is 0. The van der Waals surface area contributed by atoms with Crippen LogP contribution in [0, 0.1) is 6.92 Å². The third kappa shape index (κ3) is 4.10. The van der Waals surface area contributed by atoms with Crippen molar-refractivity contribution in [2.75, 3.05) is 26.0 Å². The van der Waals surface area contributed by atoms with E-state index in [1.165, 1.54) is 0 Å². The number of carbonyl (C=O) groups is 1. The molecule has 0 heterocycles. The molecule has 4 nitrogen and oxygen atoms in total. The molecule has 0 bridgehead atoms. The fourth-order valence-corrected chi connectivity index (χ4v) is 1.07. The number of hydrogen-bond acceptors (Lipinski definition) is 3. The second-order valence-electron chi connectivity index (χ2n) is 3.43. The van der Waals surface area contributed by atoms with Crippen molar-refractivity contribution in [2.24, 2.45) is 0 Å². The van der Waals surface area contributed by atoms with Gasteiger partial charge in [-0.15, -0.1) is 0 Å². The second kappa shape index (κ2) is 5.48. The molecule has 0 atom stereocenters. The van der Waals surface area contributed by atoms with Crippen molar-refractivity contribution in [3.8, 4) is 0 Å². The van der Waals surface area contributed by atoms with Gasteiger partial charge in [0.05, 0.1) is 6.54 Å². The third-order valence-corrected chi connectivity index (χ3v) is 1.85. The molecular weight excluding hydrogens is 190 g/mol. The zero-order valence-corrected chi connectivity index (χ0v) is 9.08. The van der Waals surface area contributed by atoms with Gasteiger partial charge in [-0.25, -0.2) is 5.43 Å². The predicted molar refractivity (Wildman–Crippen MR) is 61.2 cm³/mol. The number of rotatable bonds is 4. The normalized spacial score (nSPS) is 10.4. The first-order valence-corrected chi connectivity index (χ1v) is 4.71. The lowest BCUT2D eigenvalue weighted by Gasteiger charge is -2.12. The van der Waals surface area contributed by atoms with E-state index in [1.54, 1.807) is 5.01 Å². The Morgan fingerprint density at radius 2 is 2.07 bits per heavy atom. The van der Waals surface area contributed by atoms with Crippen LogP contribution in [0.15, 0.2) is 24.3 Å². The molecule has 1 amide bonds. The molecule has 2 N–H and O–H groups in total. The van der Waals surface area contributed by atoms with Gasteiger partial charge in [-0.3, -0.25) is 9.80 Å². The molecule has 1 rings (SSSR count). The molecule has 4 heteroatoms. The highest BCUT2D eigenvalue weighted by molar-refractivity contribution is 5.93. The van der Waals surface area contributed by atoms with Gasteiger partial charge in [0.1, 0.15) is 0 Å². The molecule has 0 fully saturated rings. The minimum Gasteiger partial charge on any atom is -0.325 e. The summed E-state index contributed by atoms with van der Waals surface area (Å²) >= 11 is 0. The van der Waals surface area contributed by atoms with Crippen molar-refractivity contribution in [1.29, 1.82) is 0 Å². The van der Waals surface area contributed by atoms with Crippen LogP contribution >= 0.6 is 0 Å². The molecule has 0 unspecified atom stereocenters. The molecule has 81 valence electrons. The average molecular weight is 206 g/mol. The zero-order valence-electron chi connectivity index (χ0n) is 9.08. The van der Waals surface area contributed by atoms with Crippen LogP contribution in [0.3, 0.4) is 0 Å². The Bertz CT molecular complexity index is 336. The highest BCUT2D eigenvalue weighted by Gasteiger charge is 2.03. The molecule has 0 aliphatic heterocycles. The summed E-state index contributed by atoms with van der Waals surface area (Å²) in [5.41, 5.74) is 4.45. The van der Waals surface area contributed by atoms with Crippen molar-refractivity contribution in [3.05, 3.63) is 36.8 Å². The van der Waals surface area contributed by atoms with Crippen molar-refractivity contribution >= 4 is 11.6 Å². The molecule has 0 aromatic heterocycles. The van der Waals surface area contributed by atoms with Crippen LogP contribution < -0.4 is 10.7 Å². The first-order chi connectivity index (χ1) is 7.09. The summed E-state index contributed by atoms with van der Waals surface area (Å²) in [6, 6.07) is 7.44. The van der Waals surface area contributed by atoms with E-state index in [9.17, 15) is 4.79 Å². The summed E-state index contributed by atoms with van der Waals surface area (Å²) in [5.74, 6) is -0.0835. The number of hydrogen-bond donors (Lipinski definition) is 2. The Labute approximate surface area is 90.2 Å². The standard InChI is InChI=1S/C11H16N3O/c1-9-6-4-5-7-10(9)13-11(15)8-12-14(2)3/h4-7,12H,1,8H2,2-3H3,(H,13,15). The molecule has 0 aliphatic carbocycles. The Morgan fingerprint density at radius 1 is 1.40 bits per heavy atom. The molecule has 0 saturated heterocycles. The SMILES string of the molecule is [CH2]c1ccccc1NC(=O)CNN(C)C. The van der Waals surface area contributed by atoms with Crippen LogP contribution in [0.25, 0.3) is 0 Å². The Hall–Kier alpha value is -1.39. The highest BCUT2D eigenvalue weighted by atomic mass is 16.2. The highest BCUT2D eigenvalue weighted by Crippen LogP contribution is 2.12. The van der Waals surface area contributed by atoms with Crippen molar-refractivity contribution in [2.45, 2.75) is 0 Å². The summed E-state index contributed by atoms with van der Waals surface area (Å²) in [7, 11) is 3.67. The van der Waals surface area contributed by atoms with E-state index < -0.39 is 0 Å². The molecule has 0 aliphatic rings.